The Morgan fingerprint density at radius 3 is 0.444 bits per heavy atom. The third-order valence-corrected chi connectivity index (χ3v) is 0. The van der Waals surface area contributed by atoms with E-state index in [2.05, 4.69) is 0 Å². The molecule has 0 unspecified atom stereocenters. The zero-order valence-corrected chi connectivity index (χ0v) is 13.7. The third kappa shape index (κ3) is 75.5. The summed E-state index contributed by atoms with van der Waals surface area (Å²) in [5, 5.41) is 0. The summed E-state index contributed by atoms with van der Waals surface area (Å²) in [5.41, 5.74) is 0. The fraction of sp³-hybridized carbons (Fsp3) is 0. The van der Waals surface area contributed by atoms with Gasteiger partial charge >= 0.3 is 0 Å². The van der Waals surface area contributed by atoms with Gasteiger partial charge in [-0.25, -0.2) is 0 Å². The van der Waals surface area contributed by atoms with Crippen LogP contribution in [0, 0.1) is 0 Å². The molecule has 0 spiro atoms. The first-order valence-corrected chi connectivity index (χ1v) is 0. The Bertz CT molecular complexity index is 12.5. The van der Waals surface area contributed by atoms with Crippen LogP contribution in [0.25, 0.3) is 0 Å². The maximum atomic E-state index is 0. The smallest absolute Gasteiger partial charge is 0 e. The molecule has 0 rings (SSSR count). The van der Waals surface area contributed by atoms with E-state index in [4.69, 9.17) is 0 Å². The van der Waals surface area contributed by atoms with Crippen LogP contribution in [0.3, 0.4) is 0 Å². The van der Waals surface area contributed by atoms with E-state index in [1.807, 2.05) is 0 Å². The maximum absolute atomic E-state index is 0. The Labute approximate surface area is 137 Å². The molecule has 0 radical (unpaired) electrons. The van der Waals surface area contributed by atoms with Crippen molar-refractivity contribution in [3.63, 3.8) is 0 Å². The molecule has 0 aromatic rings. The summed E-state index contributed by atoms with van der Waals surface area (Å²) < 4.78 is 0. The molecular weight excluding hydrogens is 410 g/mol. The van der Waals surface area contributed by atoms with E-state index < -0.39 is 0 Å². The second-order valence-corrected chi connectivity index (χ2v) is 0. The van der Waals surface area contributed by atoms with Crippen molar-refractivity contribution in [1.29, 1.82) is 0 Å². The average Bonchev–Trinajstić information content (AvgIpc) is 0. The fourth-order valence-electron chi connectivity index (χ4n) is 0. The van der Waals surface area contributed by atoms with Gasteiger partial charge in [-0.05, 0) is 0 Å². The minimum atomic E-state index is 0. The summed E-state index contributed by atoms with van der Waals surface area (Å²) in [6.45, 7) is 0. The van der Waals surface area contributed by atoms with Crippen LogP contribution < -0.4 is 0 Å². The Kier molecular flexibility index (Phi) is 1200. The molecule has 0 amide bonds. The predicted octanol–water partition coefficient (Wildman–Crippen LogP) is -2.70. The molecule has 0 saturated carbocycles. The van der Waals surface area contributed by atoms with Gasteiger partial charge in [0.05, 0.1) is 0 Å². The monoisotopic (exact) mass is 420 g/mol. The Balaban J connectivity index is 0. The van der Waals surface area contributed by atoms with Crippen LogP contribution in [0.4, 0.5) is 0 Å². The number of hydrogen-bond acceptors (Lipinski definition) is 1. The van der Waals surface area contributed by atoms with Crippen molar-refractivity contribution < 1.29 is 84.8 Å². The minimum absolute atomic E-state index is 0. The quantitative estimate of drug-likeness (QED) is 0.178. The normalized spacial score (nSPS) is 0. The standard InChI is InChI=1S/4Fe.Ni.4H2S/h;;;;;4*1H2/p+2. The van der Waals surface area contributed by atoms with Crippen LogP contribution in [0.5, 0.6) is 0 Å². The Morgan fingerprint density at radius 1 is 0.444 bits per heavy atom. The van der Waals surface area contributed by atoms with Gasteiger partial charge in [-0.1, -0.05) is 40.5 Å². The van der Waals surface area contributed by atoms with Gasteiger partial charge in [0, 0.05) is 84.8 Å². The third-order valence-electron chi connectivity index (χ3n) is 0. The number of thiol groups is 1. The van der Waals surface area contributed by atoms with Crippen molar-refractivity contribution in [2.24, 2.45) is 0 Å². The van der Waals surface area contributed by atoms with Gasteiger partial charge < -0.3 is 13.5 Å². The van der Waals surface area contributed by atoms with Crippen LogP contribution in [0.15, 0.2) is 0 Å². The minimum Gasteiger partial charge on any atom is -0.813 e. The van der Waals surface area contributed by atoms with Gasteiger partial charge in [0.1, 0.15) is 0 Å². The summed E-state index contributed by atoms with van der Waals surface area (Å²) >= 11 is 0. The summed E-state index contributed by atoms with van der Waals surface area (Å²) in [6, 6.07) is 0. The molecule has 0 aliphatic carbocycles. The van der Waals surface area contributed by atoms with E-state index in [0.717, 1.165) is 0 Å². The molecule has 0 aliphatic heterocycles. The van der Waals surface area contributed by atoms with Crippen molar-refractivity contribution in [1.82, 2.24) is 0 Å². The largest absolute Gasteiger partial charge is 0.813 e. The molecular formula is H10Fe4NiS4+2. The van der Waals surface area contributed by atoms with E-state index in [1.54, 1.807) is 0 Å². The molecule has 74 valence electrons. The van der Waals surface area contributed by atoms with Crippen molar-refractivity contribution in [2.45, 2.75) is 0 Å². The first kappa shape index (κ1) is 118. The zero-order chi connectivity index (χ0) is 0. The molecule has 0 aromatic heterocycles. The van der Waals surface area contributed by atoms with Crippen molar-refractivity contribution >= 4 is 54.0 Å². The predicted molar refractivity (Wildman–Crippen MR) is 43.4 cm³/mol. The number of rotatable bonds is 0. The molecule has 0 aliphatic rings. The molecule has 0 nitrogen and oxygen atoms in total. The van der Waals surface area contributed by atoms with Crippen LogP contribution in [0.2, 0.25) is 0 Å². The second kappa shape index (κ2) is 91.4. The first-order valence-electron chi connectivity index (χ1n) is 0. The van der Waals surface area contributed by atoms with E-state index in [9.17, 15) is 0 Å². The molecule has 0 heterocycles. The zero-order valence-electron chi connectivity index (χ0n) is 3.91. The summed E-state index contributed by atoms with van der Waals surface area (Å²) in [6.07, 6.45) is 0. The molecule has 0 bridgehead atoms. The van der Waals surface area contributed by atoms with Gasteiger partial charge in [-0.3, -0.25) is 0 Å². The van der Waals surface area contributed by atoms with Crippen molar-refractivity contribution in [2.75, 3.05) is 0 Å². The topological polar surface area (TPSA) is 0 Å². The van der Waals surface area contributed by atoms with Crippen molar-refractivity contribution in [3.05, 3.63) is 0 Å². The average molecular weight is 420 g/mol. The molecule has 0 aromatic carbocycles. The summed E-state index contributed by atoms with van der Waals surface area (Å²) in [5.74, 6) is 0. The molecule has 0 atom stereocenters. The Morgan fingerprint density at radius 2 is 0.444 bits per heavy atom. The van der Waals surface area contributed by atoms with Crippen LogP contribution in [-0.4, -0.2) is 0 Å². The first-order chi connectivity index (χ1) is 0. The van der Waals surface area contributed by atoms with Gasteiger partial charge in [-0.15, -0.1) is 0 Å². The van der Waals surface area contributed by atoms with Crippen LogP contribution in [0.1, 0.15) is 0 Å². The van der Waals surface area contributed by atoms with E-state index in [1.165, 1.54) is 0 Å². The van der Waals surface area contributed by atoms with Gasteiger partial charge in [0.25, 0.3) is 0 Å². The van der Waals surface area contributed by atoms with Crippen LogP contribution >= 0.6 is 0 Å². The van der Waals surface area contributed by atoms with Crippen LogP contribution in [-0.2, 0) is 139 Å². The molecule has 0 N–H and O–H groups in total. The summed E-state index contributed by atoms with van der Waals surface area (Å²) in [4.78, 5) is 0. The fourth-order valence-corrected chi connectivity index (χ4v) is 0. The van der Waals surface area contributed by atoms with Gasteiger partial charge in [0.15, 0.2) is 0 Å². The van der Waals surface area contributed by atoms with Gasteiger partial charge in [0.2, 0.25) is 0 Å². The molecule has 9 heavy (non-hydrogen) atoms. The molecule has 9 heteroatoms. The van der Waals surface area contributed by atoms with E-state index in [-0.39, 0.29) is 139 Å². The molecule has 0 saturated heterocycles. The van der Waals surface area contributed by atoms with E-state index in [0.29, 0.717) is 0 Å². The number of hydrogen-bond donors (Lipinski definition) is 0. The summed E-state index contributed by atoms with van der Waals surface area (Å²) in [7, 11) is 0. The SMILES string of the molecule is [Fe].[Fe].[Fe].[Fe].[Ni].[SH-].[SH3+].[SH3+].[SH3+]. The molecule has 0 fully saturated rings. The maximum Gasteiger partial charge on any atom is 0 e. The Hall–Kier alpha value is 3.97. The second-order valence-electron chi connectivity index (χ2n) is 0. The van der Waals surface area contributed by atoms with Gasteiger partial charge in [-0.2, -0.15) is 0 Å². The van der Waals surface area contributed by atoms with Crippen molar-refractivity contribution in [3.8, 4) is 0 Å². The van der Waals surface area contributed by atoms with E-state index >= 15 is 0 Å².